The number of hydrogen-bond acceptors (Lipinski definition) is 5. The molecule has 0 radical (unpaired) electrons. The predicted octanol–water partition coefficient (Wildman–Crippen LogP) is 3.97. The summed E-state index contributed by atoms with van der Waals surface area (Å²) in [6.45, 7) is 11.8. The molecule has 1 aromatic carbocycles. The molecule has 7 nitrogen and oxygen atoms in total. The Morgan fingerprint density at radius 1 is 1.23 bits per heavy atom. The first-order valence-electron chi connectivity index (χ1n) is 10.2. The normalized spacial score (nSPS) is 22.5. The van der Waals surface area contributed by atoms with Crippen LogP contribution in [0.4, 0.5) is 5.69 Å². The zero-order valence-corrected chi connectivity index (χ0v) is 20.6. The van der Waals surface area contributed by atoms with E-state index >= 15 is 0 Å². The summed E-state index contributed by atoms with van der Waals surface area (Å²) in [5.41, 5.74) is 1.45. The number of anilines is 1. The SMILES string of the molecule is CC1C=CC=C([C@H](NC2=NS(=O)N=C2Nc2cccc(P(C)(C)=O)c2O)C(C)(C)C)C1. The monoisotopic (exact) mass is 462 g/mol. The number of phenols is 1. The lowest BCUT2D eigenvalue weighted by Gasteiger charge is -2.36. The van der Waals surface area contributed by atoms with Crippen molar-refractivity contribution in [2.45, 2.75) is 40.2 Å². The minimum atomic E-state index is -2.67. The maximum absolute atomic E-state index is 12.5. The van der Waals surface area contributed by atoms with E-state index in [-0.39, 0.29) is 23.0 Å². The Morgan fingerprint density at radius 3 is 2.52 bits per heavy atom. The van der Waals surface area contributed by atoms with Gasteiger partial charge in [-0.2, -0.15) is 0 Å². The minimum Gasteiger partial charge on any atom is -0.505 e. The van der Waals surface area contributed by atoms with Gasteiger partial charge in [0.05, 0.1) is 17.0 Å². The third kappa shape index (κ3) is 5.55. The molecule has 3 atom stereocenters. The number of para-hydroxylation sites is 1. The quantitative estimate of drug-likeness (QED) is 0.464. The van der Waals surface area contributed by atoms with E-state index < -0.39 is 18.3 Å². The van der Waals surface area contributed by atoms with Crippen LogP contribution in [0.25, 0.3) is 0 Å². The number of benzene rings is 1. The zero-order valence-electron chi connectivity index (χ0n) is 18.8. The van der Waals surface area contributed by atoms with Crippen molar-refractivity contribution >= 4 is 41.0 Å². The summed E-state index contributed by atoms with van der Waals surface area (Å²) < 4.78 is 32.9. The highest BCUT2D eigenvalue weighted by atomic mass is 32.2. The molecule has 0 spiro atoms. The minimum absolute atomic E-state index is 0.0489. The van der Waals surface area contributed by atoms with Crippen LogP contribution in [0, 0.1) is 11.3 Å². The Labute approximate surface area is 186 Å². The van der Waals surface area contributed by atoms with Gasteiger partial charge < -0.3 is 20.3 Å². The maximum Gasteiger partial charge on any atom is 0.269 e. The van der Waals surface area contributed by atoms with E-state index in [0.29, 0.717) is 22.7 Å². The van der Waals surface area contributed by atoms with Gasteiger partial charge in [-0.05, 0) is 48.8 Å². The van der Waals surface area contributed by atoms with Crippen LogP contribution >= 0.6 is 7.14 Å². The first-order valence-corrected chi connectivity index (χ1v) is 13.9. The fraction of sp³-hybridized carbons (Fsp3) is 0.455. The lowest BCUT2D eigenvalue weighted by Crippen LogP contribution is -2.48. The number of phenolic OH excluding ortho intramolecular Hbond substituents is 1. The Morgan fingerprint density at radius 2 is 1.90 bits per heavy atom. The second-order valence-electron chi connectivity index (χ2n) is 9.51. The molecule has 0 saturated heterocycles. The number of nitrogens with zero attached hydrogens (tertiary/aromatic N) is 2. The first-order chi connectivity index (χ1) is 14.4. The van der Waals surface area contributed by atoms with E-state index in [2.05, 4.69) is 65.4 Å². The van der Waals surface area contributed by atoms with Crippen LogP contribution in [0.3, 0.4) is 0 Å². The fourth-order valence-electron chi connectivity index (χ4n) is 3.73. The van der Waals surface area contributed by atoms with E-state index in [4.69, 9.17) is 0 Å². The third-order valence-electron chi connectivity index (χ3n) is 5.24. The molecular formula is C22H31N4O3PS. The van der Waals surface area contributed by atoms with Crippen molar-refractivity contribution in [2.75, 3.05) is 18.6 Å². The van der Waals surface area contributed by atoms with Crippen LogP contribution in [0.15, 0.2) is 50.8 Å². The zero-order chi connectivity index (χ0) is 23.0. The third-order valence-corrected chi connectivity index (χ3v) is 7.44. The average molecular weight is 463 g/mol. The Bertz CT molecular complexity index is 1060. The summed E-state index contributed by atoms with van der Waals surface area (Å²) in [4.78, 5) is 0. The van der Waals surface area contributed by atoms with E-state index in [0.717, 1.165) is 6.42 Å². The van der Waals surface area contributed by atoms with Gasteiger partial charge in [0, 0.05) is 0 Å². The first kappa shape index (κ1) is 23.5. The molecule has 0 aromatic heterocycles. The highest BCUT2D eigenvalue weighted by Crippen LogP contribution is 2.40. The van der Waals surface area contributed by atoms with Crippen molar-refractivity contribution in [3.63, 3.8) is 0 Å². The van der Waals surface area contributed by atoms with Gasteiger partial charge in [-0.25, -0.2) is 4.21 Å². The van der Waals surface area contributed by atoms with Crippen LogP contribution in [0.1, 0.15) is 34.1 Å². The Kier molecular flexibility index (Phi) is 6.63. The number of aromatic hydroxyl groups is 1. The average Bonchev–Trinajstić information content (AvgIpc) is 2.98. The van der Waals surface area contributed by atoms with Crippen LogP contribution in [-0.2, 0) is 15.7 Å². The van der Waals surface area contributed by atoms with Crippen molar-refractivity contribution in [1.29, 1.82) is 0 Å². The molecule has 0 amide bonds. The second kappa shape index (κ2) is 8.75. The highest BCUT2D eigenvalue weighted by Gasteiger charge is 2.33. The molecule has 0 bridgehead atoms. The lowest BCUT2D eigenvalue weighted by atomic mass is 9.78. The number of allylic oxidation sites excluding steroid dienone is 3. The van der Waals surface area contributed by atoms with E-state index in [1.165, 1.54) is 5.57 Å². The Balaban J connectivity index is 1.89. The number of nitrogens with one attached hydrogen (secondary N) is 2. The van der Waals surface area contributed by atoms with Crippen molar-refractivity contribution in [3.8, 4) is 5.75 Å². The second-order valence-corrected chi connectivity index (χ2v) is 13.5. The molecule has 1 aromatic rings. The van der Waals surface area contributed by atoms with Crippen LogP contribution in [-0.4, -0.2) is 40.4 Å². The maximum atomic E-state index is 12.5. The fourth-order valence-corrected chi connectivity index (χ4v) is 5.43. The van der Waals surface area contributed by atoms with Gasteiger partial charge in [-0.15, -0.1) is 8.80 Å². The molecule has 168 valence electrons. The van der Waals surface area contributed by atoms with E-state index in [9.17, 15) is 13.9 Å². The summed E-state index contributed by atoms with van der Waals surface area (Å²) in [6, 6.07) is 4.97. The molecular weight excluding hydrogens is 431 g/mol. The van der Waals surface area contributed by atoms with Gasteiger partial charge >= 0.3 is 0 Å². The van der Waals surface area contributed by atoms with Gasteiger partial charge in [0.2, 0.25) is 0 Å². The molecule has 9 heteroatoms. The van der Waals surface area contributed by atoms with E-state index in [1.807, 2.05) is 0 Å². The molecule has 1 aliphatic carbocycles. The predicted molar refractivity (Wildman–Crippen MR) is 131 cm³/mol. The van der Waals surface area contributed by atoms with Gasteiger partial charge in [0.15, 0.2) is 11.7 Å². The van der Waals surface area contributed by atoms with Crippen LogP contribution in [0.5, 0.6) is 5.75 Å². The number of amidine groups is 2. The lowest BCUT2D eigenvalue weighted by molar-refractivity contribution is 0.322. The van der Waals surface area contributed by atoms with E-state index in [1.54, 1.807) is 31.5 Å². The topological polar surface area (TPSA) is 103 Å². The Hall–Kier alpha value is -2.18. The summed E-state index contributed by atoms with van der Waals surface area (Å²) >= 11 is -1.76. The highest BCUT2D eigenvalue weighted by molar-refractivity contribution is 7.83. The molecule has 2 unspecified atom stereocenters. The van der Waals surface area contributed by atoms with Crippen molar-refractivity contribution in [3.05, 3.63) is 42.0 Å². The molecule has 0 fully saturated rings. The summed E-state index contributed by atoms with van der Waals surface area (Å²) in [5, 5.41) is 17.5. The molecule has 1 heterocycles. The molecule has 1 aliphatic heterocycles. The molecule has 3 N–H and O–H groups in total. The number of rotatable bonds is 4. The van der Waals surface area contributed by atoms with Crippen molar-refractivity contribution in [2.24, 2.45) is 20.1 Å². The molecule has 31 heavy (non-hydrogen) atoms. The number of hydrogen-bond donors (Lipinski definition) is 3. The standard InChI is InChI=1S/C22H31N4O3PS/c1-14-9-7-10-15(13-14)19(22(2,3)4)24-21-20(25-31(29)26-21)23-16-11-8-12-17(18(16)27)30(5,6)28/h7-12,14,19,27H,13H2,1-6H3,(H,23,25)(H,24,26)/t14?,19-,31?/m0/s1. The molecule has 0 saturated carbocycles. The van der Waals surface area contributed by atoms with Crippen molar-refractivity contribution < 1.29 is 13.9 Å². The van der Waals surface area contributed by atoms with Gasteiger partial charge in [0.25, 0.3) is 11.2 Å². The smallest absolute Gasteiger partial charge is 0.269 e. The van der Waals surface area contributed by atoms with Crippen LogP contribution < -0.4 is 15.9 Å². The molecule has 3 rings (SSSR count). The summed E-state index contributed by atoms with van der Waals surface area (Å²) in [7, 11) is -2.67. The summed E-state index contributed by atoms with van der Waals surface area (Å²) in [6.07, 6.45) is 7.29. The van der Waals surface area contributed by atoms with Gasteiger partial charge in [-0.1, -0.05) is 52.0 Å². The van der Waals surface area contributed by atoms with Crippen molar-refractivity contribution in [1.82, 2.24) is 5.32 Å². The van der Waals surface area contributed by atoms with Gasteiger partial charge in [-0.3, -0.25) is 0 Å². The van der Waals surface area contributed by atoms with Crippen LogP contribution in [0.2, 0.25) is 0 Å². The molecule has 2 aliphatic rings. The largest absolute Gasteiger partial charge is 0.505 e. The summed E-state index contributed by atoms with van der Waals surface area (Å²) in [5.74, 6) is 0.998. The van der Waals surface area contributed by atoms with Gasteiger partial charge in [0.1, 0.15) is 12.9 Å².